The molecule has 4 amide bonds. The second kappa shape index (κ2) is 22.1. The van der Waals surface area contributed by atoms with Crippen LogP contribution in [0.3, 0.4) is 0 Å². The number of carboxylic acids is 1. The Morgan fingerprint density at radius 3 is 0.962 bits per heavy atom. The summed E-state index contributed by atoms with van der Waals surface area (Å²) >= 11 is 0. The third kappa shape index (κ3) is 15.7. The van der Waals surface area contributed by atoms with Crippen LogP contribution in [-0.2, 0) is 52.6 Å². The molecule has 0 fully saturated rings. The van der Waals surface area contributed by atoms with Gasteiger partial charge in [-0.1, -0.05) is 83.1 Å². The number of nitrogens with one attached hydrogen (secondary N) is 4. The first-order valence-electron chi connectivity index (χ1n) is 18.0. The van der Waals surface area contributed by atoms with Crippen LogP contribution in [0.5, 0.6) is 0 Å². The first-order chi connectivity index (χ1) is 24.2. The first-order valence-corrected chi connectivity index (χ1v) is 18.0. The van der Waals surface area contributed by atoms with Crippen LogP contribution in [0.25, 0.3) is 0 Å². The molecule has 0 spiro atoms. The van der Waals surface area contributed by atoms with E-state index in [4.69, 9.17) is 14.2 Å². The largest absolute Gasteiger partial charge is 0.480 e. The van der Waals surface area contributed by atoms with Gasteiger partial charge in [-0.15, -0.1) is 0 Å². The Morgan fingerprint density at radius 2 is 0.679 bits per heavy atom. The van der Waals surface area contributed by atoms with Crippen LogP contribution in [0.2, 0.25) is 0 Å². The number of carbonyl (C=O) groups excluding carboxylic acids is 7. The minimum absolute atomic E-state index is 0.454. The van der Waals surface area contributed by atoms with Crippen molar-refractivity contribution in [3.8, 4) is 0 Å². The second-order valence-electron chi connectivity index (χ2n) is 15.2. The van der Waals surface area contributed by atoms with Crippen LogP contribution in [0.1, 0.15) is 96.9 Å². The quantitative estimate of drug-likeness (QED) is 0.0709. The molecule has 0 aliphatic heterocycles. The summed E-state index contributed by atoms with van der Waals surface area (Å²) in [6.45, 7) is 21.8. The molecule has 6 N–H and O–H groups in total. The Kier molecular flexibility index (Phi) is 20.3. The summed E-state index contributed by atoms with van der Waals surface area (Å²) in [7, 11) is 0. The van der Waals surface area contributed by atoms with Gasteiger partial charge in [-0.3, -0.25) is 19.2 Å². The topological polar surface area (TPSA) is 253 Å². The molecule has 0 aliphatic carbocycles. The number of aliphatic hydroxyl groups excluding tert-OH is 1. The summed E-state index contributed by atoms with van der Waals surface area (Å²) in [5.41, 5.74) is 0. The molecular weight excluding hydrogens is 696 g/mol. The number of hydrogen-bond donors (Lipinski definition) is 6. The summed E-state index contributed by atoms with van der Waals surface area (Å²) < 4.78 is 16.3. The standard InChI is InChI=1S/C36H62N4O13/c1-15(2)23(33(46)47)37-31(44)27(19(9)10)52-36(50)26(18(7)8)39-30(43)22(14)51-34(48)24(16(3)4)40-32(45)28(20(11)12)53-35(49)25(17(5)6)38-29(42)21(13)41/h15-28,41H,1-14H3,(H,37,44)(H,38,42)(H,39,43)(H,40,45)(H,46,47)/t21-,22+,23+,24-,25-,26-,27-,28-/m0/s1. The molecule has 0 bridgehead atoms. The maximum Gasteiger partial charge on any atom is 0.329 e. The molecule has 0 heterocycles. The molecule has 17 heteroatoms. The summed E-state index contributed by atoms with van der Waals surface area (Å²) in [6, 6.07) is -4.99. The van der Waals surface area contributed by atoms with E-state index in [1.165, 1.54) is 13.8 Å². The van der Waals surface area contributed by atoms with Gasteiger partial charge in [0.15, 0.2) is 18.3 Å². The average Bonchev–Trinajstić information content (AvgIpc) is 3.02. The van der Waals surface area contributed by atoms with Gasteiger partial charge in [-0.25, -0.2) is 19.2 Å². The van der Waals surface area contributed by atoms with E-state index < -0.39 is 132 Å². The lowest BCUT2D eigenvalue weighted by molar-refractivity contribution is -0.166. The number of esters is 3. The van der Waals surface area contributed by atoms with Gasteiger partial charge in [0.25, 0.3) is 17.7 Å². The zero-order valence-electron chi connectivity index (χ0n) is 33.5. The van der Waals surface area contributed by atoms with E-state index in [2.05, 4.69) is 21.3 Å². The van der Waals surface area contributed by atoms with Gasteiger partial charge in [-0.2, -0.15) is 0 Å². The highest BCUT2D eigenvalue weighted by molar-refractivity contribution is 5.93. The molecule has 0 saturated heterocycles. The van der Waals surface area contributed by atoms with Crippen molar-refractivity contribution in [1.82, 2.24) is 21.3 Å². The smallest absolute Gasteiger partial charge is 0.329 e. The molecule has 8 atom stereocenters. The molecule has 53 heavy (non-hydrogen) atoms. The summed E-state index contributed by atoms with van der Waals surface area (Å²) in [4.78, 5) is 103. The van der Waals surface area contributed by atoms with Crippen molar-refractivity contribution in [2.75, 3.05) is 0 Å². The molecule has 0 aromatic rings. The van der Waals surface area contributed by atoms with E-state index in [1.54, 1.807) is 83.1 Å². The van der Waals surface area contributed by atoms with E-state index >= 15 is 0 Å². The number of hydrogen-bond acceptors (Lipinski definition) is 12. The maximum atomic E-state index is 13.4. The van der Waals surface area contributed by atoms with Crippen molar-refractivity contribution >= 4 is 47.5 Å². The monoisotopic (exact) mass is 758 g/mol. The van der Waals surface area contributed by atoms with Crippen molar-refractivity contribution in [2.45, 2.75) is 146 Å². The Bertz CT molecular complexity index is 1300. The minimum Gasteiger partial charge on any atom is -0.480 e. The van der Waals surface area contributed by atoms with Crippen molar-refractivity contribution in [1.29, 1.82) is 0 Å². The fourth-order valence-corrected chi connectivity index (χ4v) is 4.70. The fourth-order valence-electron chi connectivity index (χ4n) is 4.70. The number of ether oxygens (including phenoxy) is 3. The van der Waals surface area contributed by atoms with Crippen molar-refractivity contribution in [3.05, 3.63) is 0 Å². The van der Waals surface area contributed by atoms with Crippen LogP contribution >= 0.6 is 0 Å². The zero-order chi connectivity index (χ0) is 41.7. The molecule has 0 radical (unpaired) electrons. The van der Waals surface area contributed by atoms with Crippen LogP contribution in [0, 0.1) is 35.5 Å². The Balaban J connectivity index is 5.84. The average molecular weight is 759 g/mol. The summed E-state index contributed by atoms with van der Waals surface area (Å²) in [5.74, 6) is -10.6. The number of aliphatic carboxylic acids is 1. The third-order valence-electron chi connectivity index (χ3n) is 8.14. The SMILES string of the molecule is CC(C)[C@H](NC(=O)[C@H](C)O)C(=O)O[C@H](C(=O)N[C@H](C(=O)O[C@H](C)C(=O)N[C@H](C(=O)O[C@H](C(=O)N[C@@H](C(=O)O)C(C)C)C(C)C)C(C)C)C(C)C)C(C)C. The minimum atomic E-state index is -1.47. The van der Waals surface area contributed by atoms with Gasteiger partial charge in [0.05, 0.1) is 0 Å². The van der Waals surface area contributed by atoms with Gasteiger partial charge in [0, 0.05) is 0 Å². The molecule has 0 aromatic heterocycles. The molecule has 17 nitrogen and oxygen atoms in total. The van der Waals surface area contributed by atoms with Gasteiger partial charge < -0.3 is 45.7 Å². The van der Waals surface area contributed by atoms with E-state index in [0.29, 0.717) is 0 Å². The number of carbonyl (C=O) groups is 8. The second-order valence-corrected chi connectivity index (χ2v) is 15.2. The Morgan fingerprint density at radius 1 is 0.396 bits per heavy atom. The molecule has 0 aromatic carbocycles. The van der Waals surface area contributed by atoms with Crippen LogP contribution in [0.4, 0.5) is 0 Å². The van der Waals surface area contributed by atoms with E-state index in [0.717, 1.165) is 0 Å². The molecule has 0 aliphatic rings. The van der Waals surface area contributed by atoms with Crippen LogP contribution in [-0.4, -0.2) is 106 Å². The highest BCUT2D eigenvalue weighted by Gasteiger charge is 2.38. The predicted molar refractivity (Wildman–Crippen MR) is 191 cm³/mol. The number of amides is 4. The molecular formula is C36H62N4O13. The van der Waals surface area contributed by atoms with E-state index in [-0.39, 0.29) is 0 Å². The van der Waals surface area contributed by atoms with Gasteiger partial charge in [0.2, 0.25) is 5.91 Å². The van der Waals surface area contributed by atoms with Crippen LogP contribution in [0.15, 0.2) is 0 Å². The predicted octanol–water partition coefficient (Wildman–Crippen LogP) is 1.08. The fraction of sp³-hybridized carbons (Fsp3) is 0.778. The van der Waals surface area contributed by atoms with Gasteiger partial charge >= 0.3 is 23.9 Å². The maximum absolute atomic E-state index is 13.4. The van der Waals surface area contributed by atoms with Crippen LogP contribution < -0.4 is 21.3 Å². The lowest BCUT2D eigenvalue weighted by atomic mass is 10.0. The molecule has 0 saturated carbocycles. The molecule has 304 valence electrons. The summed E-state index contributed by atoms with van der Waals surface area (Å²) in [5, 5.41) is 28.8. The first kappa shape index (κ1) is 48.7. The van der Waals surface area contributed by atoms with Gasteiger partial charge in [-0.05, 0) is 49.4 Å². The third-order valence-corrected chi connectivity index (χ3v) is 8.14. The number of rotatable bonds is 21. The highest BCUT2D eigenvalue weighted by atomic mass is 16.6. The molecule has 0 rings (SSSR count). The van der Waals surface area contributed by atoms with Crippen molar-refractivity contribution in [2.24, 2.45) is 35.5 Å². The van der Waals surface area contributed by atoms with Crippen molar-refractivity contribution < 1.29 is 62.8 Å². The Labute approximate surface area is 312 Å². The molecule has 0 unspecified atom stereocenters. The summed E-state index contributed by atoms with van der Waals surface area (Å²) in [6.07, 6.45) is -5.62. The Hall–Kier alpha value is -4.28. The van der Waals surface area contributed by atoms with E-state index in [9.17, 15) is 48.6 Å². The zero-order valence-corrected chi connectivity index (χ0v) is 33.5. The number of carboxylic acid groups (broad SMARTS) is 1. The lowest BCUT2D eigenvalue weighted by Gasteiger charge is -2.29. The van der Waals surface area contributed by atoms with Gasteiger partial charge in [0.1, 0.15) is 30.3 Å². The number of aliphatic hydroxyl groups is 1. The lowest BCUT2D eigenvalue weighted by Crippen LogP contribution is -2.55. The highest BCUT2D eigenvalue weighted by Crippen LogP contribution is 2.16. The van der Waals surface area contributed by atoms with Crippen molar-refractivity contribution in [3.63, 3.8) is 0 Å². The normalized spacial score (nSPS) is 16.2. The van der Waals surface area contributed by atoms with E-state index in [1.807, 2.05) is 0 Å².